The maximum absolute atomic E-state index is 11.1. The van der Waals surface area contributed by atoms with Crippen LogP contribution in [0.1, 0.15) is 46.4 Å². The fraction of sp³-hybridized carbons (Fsp3) is 0.750. The number of hydrogen-bond donors (Lipinski definition) is 1. The van der Waals surface area contributed by atoms with Gasteiger partial charge in [-0.15, -0.1) is 0 Å². The summed E-state index contributed by atoms with van der Waals surface area (Å²) in [4.78, 5) is 15.5. The summed E-state index contributed by atoms with van der Waals surface area (Å²) in [6.07, 6.45) is 1.18. The summed E-state index contributed by atoms with van der Waals surface area (Å²) in [5.74, 6) is 0.701. The average Bonchev–Trinajstić information content (AvgIpc) is 2.73. The highest BCUT2D eigenvalue weighted by atomic mass is 32.1. The number of carbonyl (C=O) groups excluding carboxylic acids is 1. The minimum atomic E-state index is -0.146. The number of ether oxygens (including phenoxy) is 1. The van der Waals surface area contributed by atoms with Gasteiger partial charge in [-0.3, -0.25) is 4.79 Å². The first-order valence-corrected chi connectivity index (χ1v) is 6.94. The van der Waals surface area contributed by atoms with Crippen molar-refractivity contribution in [1.82, 2.24) is 9.36 Å². The Morgan fingerprint density at radius 2 is 2.17 bits per heavy atom. The maximum atomic E-state index is 11.1. The van der Waals surface area contributed by atoms with E-state index in [1.54, 1.807) is 0 Å². The molecule has 1 N–H and O–H groups in total. The van der Waals surface area contributed by atoms with Crippen molar-refractivity contribution in [3.05, 3.63) is 5.82 Å². The molecule has 1 aromatic rings. The number of carbonyl (C=O) groups is 1. The lowest BCUT2D eigenvalue weighted by Crippen LogP contribution is -2.13. The number of rotatable bonds is 6. The highest BCUT2D eigenvalue weighted by molar-refractivity contribution is 7.09. The molecule has 0 aromatic carbocycles. The van der Waals surface area contributed by atoms with Crippen molar-refractivity contribution in [1.29, 1.82) is 0 Å². The van der Waals surface area contributed by atoms with Crippen molar-refractivity contribution in [3.63, 3.8) is 0 Å². The fourth-order valence-electron chi connectivity index (χ4n) is 1.26. The lowest BCUT2D eigenvalue weighted by molar-refractivity contribution is -0.143. The number of aromatic nitrogens is 2. The van der Waals surface area contributed by atoms with Gasteiger partial charge in [0, 0.05) is 29.9 Å². The smallest absolute Gasteiger partial charge is 0.305 e. The molecule has 18 heavy (non-hydrogen) atoms. The maximum Gasteiger partial charge on any atom is 0.305 e. The van der Waals surface area contributed by atoms with Gasteiger partial charge >= 0.3 is 5.97 Å². The number of anilines is 1. The second-order valence-electron chi connectivity index (χ2n) is 5.01. The molecular weight excluding hydrogens is 250 g/mol. The second-order valence-corrected chi connectivity index (χ2v) is 5.76. The molecule has 0 saturated carbocycles. The van der Waals surface area contributed by atoms with Gasteiger partial charge in [-0.1, -0.05) is 20.8 Å². The van der Waals surface area contributed by atoms with Crippen LogP contribution in [-0.4, -0.2) is 28.5 Å². The van der Waals surface area contributed by atoms with E-state index in [0.717, 1.165) is 17.4 Å². The SMILES string of the molecule is CCOC(=O)CCCNc1nc(C(C)(C)C)ns1. The topological polar surface area (TPSA) is 64.1 Å². The highest BCUT2D eigenvalue weighted by Crippen LogP contribution is 2.22. The Morgan fingerprint density at radius 3 is 2.72 bits per heavy atom. The lowest BCUT2D eigenvalue weighted by Gasteiger charge is -2.12. The summed E-state index contributed by atoms with van der Waals surface area (Å²) in [5, 5.41) is 3.98. The standard InChI is InChI=1S/C12H21N3O2S/c1-5-17-9(16)7-6-8-13-11-14-10(15-18-11)12(2,3)4/h5-8H2,1-4H3,(H,13,14,15). The van der Waals surface area contributed by atoms with E-state index in [-0.39, 0.29) is 11.4 Å². The van der Waals surface area contributed by atoms with Gasteiger partial charge < -0.3 is 10.1 Å². The molecule has 0 spiro atoms. The van der Waals surface area contributed by atoms with Crippen molar-refractivity contribution < 1.29 is 9.53 Å². The zero-order valence-electron chi connectivity index (χ0n) is 11.4. The molecule has 102 valence electrons. The van der Waals surface area contributed by atoms with Gasteiger partial charge in [0.25, 0.3) is 0 Å². The van der Waals surface area contributed by atoms with Crippen LogP contribution in [0.4, 0.5) is 5.13 Å². The molecule has 5 nitrogen and oxygen atoms in total. The number of hydrogen-bond acceptors (Lipinski definition) is 6. The second kappa shape index (κ2) is 6.68. The van der Waals surface area contributed by atoms with Gasteiger partial charge in [0.05, 0.1) is 6.61 Å². The van der Waals surface area contributed by atoms with E-state index in [4.69, 9.17) is 4.74 Å². The summed E-state index contributed by atoms with van der Waals surface area (Å²) in [5.41, 5.74) is -0.0264. The minimum absolute atomic E-state index is 0.0264. The van der Waals surface area contributed by atoms with Crippen molar-refractivity contribution in [3.8, 4) is 0 Å². The summed E-state index contributed by atoms with van der Waals surface area (Å²) in [6, 6.07) is 0. The normalized spacial score (nSPS) is 11.3. The van der Waals surface area contributed by atoms with Crippen LogP contribution in [0.25, 0.3) is 0 Å². The third kappa shape index (κ3) is 5.00. The van der Waals surface area contributed by atoms with Gasteiger partial charge in [0.1, 0.15) is 5.82 Å². The molecule has 0 saturated heterocycles. The molecule has 1 rings (SSSR count). The Hall–Kier alpha value is -1.17. The molecule has 0 atom stereocenters. The van der Waals surface area contributed by atoms with E-state index in [0.29, 0.717) is 19.6 Å². The third-order valence-electron chi connectivity index (χ3n) is 2.24. The van der Waals surface area contributed by atoms with Gasteiger partial charge in [-0.25, -0.2) is 4.98 Å². The molecular formula is C12H21N3O2S. The van der Waals surface area contributed by atoms with Gasteiger partial charge in [0.15, 0.2) is 0 Å². The Bertz CT molecular complexity index is 385. The van der Waals surface area contributed by atoms with Crippen LogP contribution < -0.4 is 5.32 Å². The van der Waals surface area contributed by atoms with Crippen LogP contribution in [0.15, 0.2) is 0 Å². The van der Waals surface area contributed by atoms with E-state index in [9.17, 15) is 4.79 Å². The van der Waals surface area contributed by atoms with Crippen LogP contribution >= 0.6 is 11.5 Å². The summed E-state index contributed by atoms with van der Waals surface area (Å²) >= 11 is 1.36. The van der Waals surface area contributed by atoms with E-state index in [1.165, 1.54) is 11.5 Å². The molecule has 1 aromatic heterocycles. The molecule has 0 unspecified atom stereocenters. The first-order chi connectivity index (χ1) is 8.43. The Balaban J connectivity index is 2.28. The van der Waals surface area contributed by atoms with Crippen molar-refractivity contribution in [2.75, 3.05) is 18.5 Å². The molecule has 6 heteroatoms. The zero-order valence-corrected chi connectivity index (χ0v) is 12.3. The van der Waals surface area contributed by atoms with E-state index in [1.807, 2.05) is 6.92 Å². The predicted octanol–water partition coefficient (Wildman–Crippen LogP) is 2.59. The predicted molar refractivity (Wildman–Crippen MR) is 73.0 cm³/mol. The first kappa shape index (κ1) is 14.9. The third-order valence-corrected chi connectivity index (χ3v) is 2.91. The first-order valence-electron chi connectivity index (χ1n) is 6.17. The fourth-order valence-corrected chi connectivity index (χ4v) is 2.04. The molecule has 0 aliphatic rings. The minimum Gasteiger partial charge on any atom is -0.466 e. The molecule has 0 fully saturated rings. The number of esters is 1. The molecule has 1 heterocycles. The van der Waals surface area contributed by atoms with Gasteiger partial charge in [-0.2, -0.15) is 4.37 Å². The van der Waals surface area contributed by atoms with E-state index >= 15 is 0 Å². The Kier molecular flexibility index (Phi) is 5.53. The van der Waals surface area contributed by atoms with Crippen molar-refractivity contribution in [2.24, 2.45) is 0 Å². The average molecular weight is 271 g/mol. The number of nitrogens with one attached hydrogen (secondary N) is 1. The van der Waals surface area contributed by atoms with Gasteiger partial charge in [-0.05, 0) is 13.3 Å². The van der Waals surface area contributed by atoms with Crippen molar-refractivity contribution in [2.45, 2.75) is 46.0 Å². The lowest BCUT2D eigenvalue weighted by atomic mass is 9.96. The summed E-state index contributed by atoms with van der Waals surface area (Å²) in [6.45, 7) is 9.21. The monoisotopic (exact) mass is 271 g/mol. The summed E-state index contributed by atoms with van der Waals surface area (Å²) in [7, 11) is 0. The van der Waals surface area contributed by atoms with Crippen LogP contribution in [0.5, 0.6) is 0 Å². The molecule has 0 aliphatic heterocycles. The van der Waals surface area contributed by atoms with Crippen LogP contribution in [0.3, 0.4) is 0 Å². The Morgan fingerprint density at radius 1 is 1.44 bits per heavy atom. The van der Waals surface area contributed by atoms with Crippen LogP contribution in [-0.2, 0) is 14.9 Å². The number of nitrogens with zero attached hydrogens (tertiary/aromatic N) is 2. The van der Waals surface area contributed by atoms with Gasteiger partial charge in [0.2, 0.25) is 5.13 Å². The van der Waals surface area contributed by atoms with Crippen LogP contribution in [0, 0.1) is 0 Å². The van der Waals surface area contributed by atoms with E-state index < -0.39 is 0 Å². The summed E-state index contributed by atoms with van der Waals surface area (Å²) < 4.78 is 9.16. The molecule has 0 bridgehead atoms. The molecule has 0 aliphatic carbocycles. The quantitative estimate of drug-likeness (QED) is 0.636. The van der Waals surface area contributed by atoms with Crippen LogP contribution in [0.2, 0.25) is 0 Å². The van der Waals surface area contributed by atoms with Crippen molar-refractivity contribution >= 4 is 22.6 Å². The molecule has 0 amide bonds. The van der Waals surface area contributed by atoms with E-state index in [2.05, 4.69) is 35.4 Å². The highest BCUT2D eigenvalue weighted by Gasteiger charge is 2.19. The Labute approximate surface area is 112 Å². The molecule has 0 radical (unpaired) electrons. The largest absolute Gasteiger partial charge is 0.466 e. The zero-order chi connectivity index (χ0) is 13.6.